The van der Waals surface area contributed by atoms with Gasteiger partial charge in [0.2, 0.25) is 0 Å². The summed E-state index contributed by atoms with van der Waals surface area (Å²) in [5, 5.41) is 18.6. The molecule has 2 heterocycles. The van der Waals surface area contributed by atoms with Gasteiger partial charge in [-0.1, -0.05) is 59.6 Å². The van der Waals surface area contributed by atoms with Crippen molar-refractivity contribution in [1.82, 2.24) is 19.8 Å². The van der Waals surface area contributed by atoms with E-state index < -0.39 is 0 Å². The summed E-state index contributed by atoms with van der Waals surface area (Å²) >= 11 is 12.3. The van der Waals surface area contributed by atoms with Crippen LogP contribution < -0.4 is 5.32 Å². The first-order chi connectivity index (χ1) is 14.6. The molecule has 0 bridgehead atoms. The molecule has 0 atom stereocenters. The Morgan fingerprint density at radius 2 is 1.63 bits per heavy atom. The molecule has 146 valence electrons. The Morgan fingerprint density at radius 1 is 0.867 bits per heavy atom. The molecule has 2 aromatic heterocycles. The SMILES string of the molecule is O=C(Nc1cccc(-c2nnc3c4ccccc4c(Cl)nn23)c1)c1ccc(Cl)cc1. The van der Waals surface area contributed by atoms with Gasteiger partial charge in [0.15, 0.2) is 16.6 Å². The van der Waals surface area contributed by atoms with Crippen LogP contribution in [0.25, 0.3) is 27.8 Å². The normalized spacial score (nSPS) is 11.1. The van der Waals surface area contributed by atoms with E-state index in [2.05, 4.69) is 20.6 Å². The molecule has 0 saturated carbocycles. The van der Waals surface area contributed by atoms with E-state index in [9.17, 15) is 4.79 Å². The standard InChI is InChI=1S/C22H13Cl2N5O/c23-15-10-8-13(9-11-15)22(30)25-16-5-3-4-14(12-16)20-26-27-21-18-7-2-1-6-17(18)19(24)28-29(20)21/h1-12H,(H,25,30). The number of carbonyl (C=O) groups is 1. The molecule has 0 saturated heterocycles. The molecule has 1 N–H and O–H groups in total. The van der Waals surface area contributed by atoms with Gasteiger partial charge in [-0.05, 0) is 36.4 Å². The van der Waals surface area contributed by atoms with E-state index >= 15 is 0 Å². The van der Waals surface area contributed by atoms with Crippen molar-refractivity contribution in [2.45, 2.75) is 0 Å². The number of nitrogens with zero attached hydrogens (tertiary/aromatic N) is 4. The van der Waals surface area contributed by atoms with Crippen molar-refractivity contribution in [1.29, 1.82) is 0 Å². The lowest BCUT2D eigenvalue weighted by molar-refractivity contribution is 0.102. The van der Waals surface area contributed by atoms with E-state index in [-0.39, 0.29) is 5.91 Å². The minimum absolute atomic E-state index is 0.234. The molecule has 0 spiro atoms. The summed E-state index contributed by atoms with van der Waals surface area (Å²) in [4.78, 5) is 12.5. The van der Waals surface area contributed by atoms with Crippen LogP contribution in [0.5, 0.6) is 0 Å². The first kappa shape index (κ1) is 18.5. The number of hydrogen-bond acceptors (Lipinski definition) is 4. The Morgan fingerprint density at radius 3 is 2.43 bits per heavy atom. The fraction of sp³-hybridized carbons (Fsp3) is 0. The van der Waals surface area contributed by atoms with Gasteiger partial charge in [-0.25, -0.2) is 0 Å². The zero-order valence-corrected chi connectivity index (χ0v) is 16.9. The lowest BCUT2D eigenvalue weighted by Crippen LogP contribution is -2.11. The lowest BCUT2D eigenvalue weighted by atomic mass is 10.1. The summed E-state index contributed by atoms with van der Waals surface area (Å²) in [5.41, 5.74) is 2.49. The molecular weight excluding hydrogens is 421 g/mol. The quantitative estimate of drug-likeness (QED) is 0.407. The Labute approximate surface area is 181 Å². The summed E-state index contributed by atoms with van der Waals surface area (Å²) in [6.07, 6.45) is 0. The van der Waals surface area contributed by atoms with Gasteiger partial charge < -0.3 is 5.32 Å². The van der Waals surface area contributed by atoms with Crippen LogP contribution in [0.3, 0.4) is 0 Å². The van der Waals surface area contributed by atoms with Crippen LogP contribution in [-0.4, -0.2) is 25.7 Å². The predicted octanol–water partition coefficient (Wildman–Crippen LogP) is 5.50. The maximum atomic E-state index is 12.5. The second-order valence-electron chi connectivity index (χ2n) is 6.64. The smallest absolute Gasteiger partial charge is 0.255 e. The third kappa shape index (κ3) is 3.26. The van der Waals surface area contributed by atoms with Crippen LogP contribution in [0.1, 0.15) is 10.4 Å². The first-order valence-electron chi connectivity index (χ1n) is 9.07. The molecule has 30 heavy (non-hydrogen) atoms. The molecule has 0 aliphatic carbocycles. The number of nitrogens with one attached hydrogen (secondary N) is 1. The first-order valence-corrected chi connectivity index (χ1v) is 9.83. The predicted molar refractivity (Wildman–Crippen MR) is 118 cm³/mol. The average Bonchev–Trinajstić information content (AvgIpc) is 3.18. The second-order valence-corrected chi connectivity index (χ2v) is 7.43. The third-order valence-electron chi connectivity index (χ3n) is 4.70. The molecular formula is C22H13Cl2N5O. The molecule has 0 fully saturated rings. The van der Waals surface area contributed by atoms with E-state index in [4.69, 9.17) is 23.2 Å². The number of amides is 1. The minimum atomic E-state index is -0.234. The highest BCUT2D eigenvalue weighted by atomic mass is 35.5. The van der Waals surface area contributed by atoms with Gasteiger partial charge in [-0.3, -0.25) is 4.79 Å². The molecule has 0 aliphatic heterocycles. The summed E-state index contributed by atoms with van der Waals surface area (Å²) in [7, 11) is 0. The zero-order valence-electron chi connectivity index (χ0n) is 15.4. The summed E-state index contributed by atoms with van der Waals surface area (Å²) in [6, 6.07) is 21.7. The lowest BCUT2D eigenvalue weighted by Gasteiger charge is -2.08. The van der Waals surface area contributed by atoms with Crippen molar-refractivity contribution in [2.75, 3.05) is 5.32 Å². The van der Waals surface area contributed by atoms with Gasteiger partial charge in [0.1, 0.15) is 0 Å². The fourth-order valence-corrected chi connectivity index (χ4v) is 3.63. The van der Waals surface area contributed by atoms with Crippen LogP contribution in [0.15, 0.2) is 72.8 Å². The van der Waals surface area contributed by atoms with E-state index in [1.165, 1.54) is 0 Å². The van der Waals surface area contributed by atoms with Crippen LogP contribution in [-0.2, 0) is 0 Å². The van der Waals surface area contributed by atoms with Gasteiger partial charge in [0.05, 0.1) is 0 Å². The van der Waals surface area contributed by atoms with Crippen LogP contribution in [0.4, 0.5) is 5.69 Å². The summed E-state index contributed by atoms with van der Waals surface area (Å²) < 4.78 is 1.62. The van der Waals surface area contributed by atoms with E-state index in [1.807, 2.05) is 42.5 Å². The average molecular weight is 434 g/mol. The summed E-state index contributed by atoms with van der Waals surface area (Å²) in [5.74, 6) is 0.294. The molecule has 6 nitrogen and oxygen atoms in total. The Balaban J connectivity index is 1.53. The van der Waals surface area contributed by atoms with E-state index in [0.29, 0.717) is 32.9 Å². The van der Waals surface area contributed by atoms with Gasteiger partial charge >= 0.3 is 0 Å². The van der Waals surface area contributed by atoms with Gasteiger partial charge in [0.25, 0.3) is 5.91 Å². The topological polar surface area (TPSA) is 72.2 Å². The second kappa shape index (κ2) is 7.40. The number of halogens is 2. The minimum Gasteiger partial charge on any atom is -0.322 e. The third-order valence-corrected chi connectivity index (χ3v) is 5.23. The number of hydrogen-bond donors (Lipinski definition) is 1. The molecule has 0 radical (unpaired) electrons. The Hall–Kier alpha value is -3.48. The monoisotopic (exact) mass is 433 g/mol. The summed E-state index contributed by atoms with van der Waals surface area (Å²) in [6.45, 7) is 0. The maximum absolute atomic E-state index is 12.5. The fourth-order valence-electron chi connectivity index (χ4n) is 3.26. The number of aromatic nitrogens is 4. The van der Waals surface area contributed by atoms with Crippen molar-refractivity contribution in [3.8, 4) is 11.4 Å². The Bertz CT molecular complexity index is 1410. The molecule has 5 aromatic rings. The van der Waals surface area contributed by atoms with Crippen LogP contribution >= 0.6 is 23.2 Å². The van der Waals surface area contributed by atoms with Crippen LogP contribution in [0, 0.1) is 0 Å². The zero-order chi connectivity index (χ0) is 20.7. The van der Waals surface area contributed by atoms with Crippen molar-refractivity contribution in [3.63, 3.8) is 0 Å². The van der Waals surface area contributed by atoms with Crippen molar-refractivity contribution >= 4 is 51.2 Å². The Kier molecular flexibility index (Phi) is 4.58. The number of benzene rings is 3. The van der Waals surface area contributed by atoms with Crippen molar-refractivity contribution < 1.29 is 4.79 Å². The number of carbonyl (C=O) groups excluding carboxylic acids is 1. The number of anilines is 1. The molecule has 0 aliphatic rings. The molecule has 1 amide bonds. The van der Waals surface area contributed by atoms with Gasteiger partial charge in [-0.15, -0.1) is 10.2 Å². The van der Waals surface area contributed by atoms with E-state index in [1.54, 1.807) is 34.8 Å². The van der Waals surface area contributed by atoms with E-state index in [0.717, 1.165) is 16.3 Å². The number of rotatable bonds is 3. The van der Waals surface area contributed by atoms with Crippen LogP contribution in [0.2, 0.25) is 10.2 Å². The maximum Gasteiger partial charge on any atom is 0.255 e. The molecule has 0 unspecified atom stereocenters. The van der Waals surface area contributed by atoms with Gasteiger partial charge in [-0.2, -0.15) is 9.61 Å². The van der Waals surface area contributed by atoms with Crippen molar-refractivity contribution in [3.05, 3.63) is 88.5 Å². The highest BCUT2D eigenvalue weighted by molar-refractivity contribution is 6.34. The molecule has 5 rings (SSSR count). The number of fused-ring (bicyclic) bond motifs is 3. The highest BCUT2D eigenvalue weighted by Crippen LogP contribution is 2.28. The molecule has 3 aromatic carbocycles. The highest BCUT2D eigenvalue weighted by Gasteiger charge is 2.15. The molecule has 8 heteroatoms. The van der Waals surface area contributed by atoms with Gasteiger partial charge in [0, 0.05) is 32.6 Å². The van der Waals surface area contributed by atoms with Crippen molar-refractivity contribution in [2.24, 2.45) is 0 Å². The largest absolute Gasteiger partial charge is 0.322 e.